The summed E-state index contributed by atoms with van der Waals surface area (Å²) >= 11 is 0.692. The van der Waals surface area contributed by atoms with E-state index in [9.17, 15) is 13.2 Å². The van der Waals surface area contributed by atoms with Crippen molar-refractivity contribution < 1.29 is 17.9 Å². The quantitative estimate of drug-likeness (QED) is 0.908. The monoisotopic (exact) mass is 281 g/mol. The molecular weight excluding hydrogens is 267 g/mol. The molecule has 0 aliphatic carbocycles. The van der Waals surface area contributed by atoms with E-state index in [4.69, 9.17) is 10.5 Å². The average molecular weight is 281 g/mol. The highest BCUT2D eigenvalue weighted by molar-refractivity contribution is 7.11. The number of aromatic nitrogens is 1. The Kier molecular flexibility index (Phi) is 4.21. The highest BCUT2D eigenvalue weighted by Gasteiger charge is 2.33. The molecule has 8 heteroatoms. The van der Waals surface area contributed by atoms with E-state index in [2.05, 4.69) is 4.98 Å². The second-order valence-corrected chi connectivity index (χ2v) is 5.19. The summed E-state index contributed by atoms with van der Waals surface area (Å²) in [6.45, 7) is 2.72. The van der Waals surface area contributed by atoms with E-state index in [0.717, 1.165) is 6.20 Å². The normalized spacial score (nSPS) is 22.3. The van der Waals surface area contributed by atoms with E-state index >= 15 is 0 Å². The van der Waals surface area contributed by atoms with Crippen LogP contribution >= 0.6 is 11.3 Å². The van der Waals surface area contributed by atoms with E-state index in [1.165, 1.54) is 0 Å². The van der Waals surface area contributed by atoms with E-state index in [1.54, 1.807) is 0 Å². The molecule has 0 aromatic carbocycles. The van der Waals surface area contributed by atoms with Crippen LogP contribution in [0.2, 0.25) is 0 Å². The molecule has 0 saturated carbocycles. The van der Waals surface area contributed by atoms with Crippen molar-refractivity contribution >= 4 is 11.3 Å². The summed E-state index contributed by atoms with van der Waals surface area (Å²) in [7, 11) is 0. The summed E-state index contributed by atoms with van der Waals surface area (Å²) in [6.07, 6.45) is -3.46. The van der Waals surface area contributed by atoms with Crippen molar-refractivity contribution in [2.45, 2.75) is 18.8 Å². The fourth-order valence-corrected chi connectivity index (χ4v) is 2.60. The molecule has 1 aromatic heterocycles. The second-order valence-electron chi connectivity index (χ2n) is 4.08. The molecule has 2 rings (SSSR count). The van der Waals surface area contributed by atoms with Gasteiger partial charge in [-0.25, -0.2) is 4.98 Å². The van der Waals surface area contributed by atoms with Gasteiger partial charge in [-0.3, -0.25) is 4.90 Å². The Hall–Kier alpha value is -0.700. The van der Waals surface area contributed by atoms with Crippen molar-refractivity contribution in [3.05, 3.63) is 16.1 Å². The SMILES string of the molecule is NCC1CN(Cc2ncc(C(F)(F)F)s2)CCO1. The Bertz CT molecular complexity index is 396. The minimum absolute atomic E-state index is 0.0409. The summed E-state index contributed by atoms with van der Waals surface area (Å²) in [5.74, 6) is 0. The molecule has 1 fully saturated rings. The van der Waals surface area contributed by atoms with Crippen LogP contribution in [0.15, 0.2) is 6.20 Å². The number of rotatable bonds is 3. The molecule has 0 spiro atoms. The van der Waals surface area contributed by atoms with Crippen molar-refractivity contribution in [3.63, 3.8) is 0 Å². The Labute approximate surface area is 107 Å². The Balaban J connectivity index is 1.95. The first-order chi connectivity index (χ1) is 8.49. The zero-order chi connectivity index (χ0) is 13.2. The number of alkyl halides is 3. The fraction of sp³-hybridized carbons (Fsp3) is 0.700. The molecule has 102 valence electrons. The number of hydrogen-bond donors (Lipinski definition) is 1. The zero-order valence-electron chi connectivity index (χ0n) is 9.61. The minimum Gasteiger partial charge on any atom is -0.374 e. The third kappa shape index (κ3) is 3.41. The molecule has 0 amide bonds. The second kappa shape index (κ2) is 5.52. The van der Waals surface area contributed by atoms with Gasteiger partial charge in [0.05, 0.1) is 25.5 Å². The Morgan fingerprint density at radius 3 is 2.94 bits per heavy atom. The Morgan fingerprint density at radius 1 is 1.56 bits per heavy atom. The van der Waals surface area contributed by atoms with Gasteiger partial charge in [-0.05, 0) is 0 Å². The van der Waals surface area contributed by atoms with Crippen LogP contribution in [-0.4, -0.2) is 42.2 Å². The molecule has 1 atom stereocenters. The third-order valence-electron chi connectivity index (χ3n) is 2.68. The summed E-state index contributed by atoms with van der Waals surface area (Å²) < 4.78 is 42.6. The molecule has 1 aliphatic rings. The van der Waals surface area contributed by atoms with Crippen molar-refractivity contribution in [2.75, 3.05) is 26.2 Å². The number of morpholine rings is 1. The lowest BCUT2D eigenvalue weighted by molar-refractivity contribution is -0.134. The van der Waals surface area contributed by atoms with Gasteiger partial charge in [0, 0.05) is 19.6 Å². The predicted octanol–water partition coefficient (Wildman–Crippen LogP) is 1.32. The van der Waals surface area contributed by atoms with Gasteiger partial charge in [-0.2, -0.15) is 13.2 Å². The molecule has 2 N–H and O–H groups in total. The number of halogens is 3. The van der Waals surface area contributed by atoms with E-state index in [0.29, 0.717) is 49.1 Å². The first-order valence-electron chi connectivity index (χ1n) is 5.55. The third-order valence-corrected chi connectivity index (χ3v) is 3.70. The van der Waals surface area contributed by atoms with Crippen LogP contribution in [-0.2, 0) is 17.5 Å². The van der Waals surface area contributed by atoms with Gasteiger partial charge >= 0.3 is 6.18 Å². The maximum absolute atomic E-state index is 12.4. The summed E-state index contributed by atoms with van der Waals surface area (Å²) in [4.78, 5) is 5.17. The maximum atomic E-state index is 12.4. The van der Waals surface area contributed by atoms with Crippen LogP contribution in [0.4, 0.5) is 13.2 Å². The van der Waals surface area contributed by atoms with Gasteiger partial charge in [0.2, 0.25) is 0 Å². The number of hydrogen-bond acceptors (Lipinski definition) is 5. The first-order valence-corrected chi connectivity index (χ1v) is 6.36. The molecule has 1 aromatic rings. The van der Waals surface area contributed by atoms with Crippen LogP contribution in [0.1, 0.15) is 9.88 Å². The predicted molar refractivity (Wildman–Crippen MR) is 61.2 cm³/mol. The lowest BCUT2D eigenvalue weighted by atomic mass is 10.3. The largest absolute Gasteiger partial charge is 0.427 e. The molecular formula is C10H14F3N3OS. The minimum atomic E-state index is -4.30. The Morgan fingerprint density at radius 2 is 2.33 bits per heavy atom. The van der Waals surface area contributed by atoms with Gasteiger partial charge in [0.15, 0.2) is 0 Å². The highest BCUT2D eigenvalue weighted by atomic mass is 32.1. The van der Waals surface area contributed by atoms with Crippen molar-refractivity contribution in [3.8, 4) is 0 Å². The van der Waals surface area contributed by atoms with Crippen LogP contribution in [0.5, 0.6) is 0 Å². The number of nitrogens with zero attached hydrogens (tertiary/aromatic N) is 2. The topological polar surface area (TPSA) is 51.4 Å². The lowest BCUT2D eigenvalue weighted by Gasteiger charge is -2.31. The van der Waals surface area contributed by atoms with Gasteiger partial charge in [-0.15, -0.1) is 11.3 Å². The average Bonchev–Trinajstić information content (AvgIpc) is 2.77. The van der Waals surface area contributed by atoms with E-state index < -0.39 is 11.1 Å². The first kappa shape index (κ1) is 13.7. The number of nitrogens with two attached hydrogens (primary N) is 1. The molecule has 1 saturated heterocycles. The molecule has 0 bridgehead atoms. The molecule has 18 heavy (non-hydrogen) atoms. The molecule has 0 radical (unpaired) electrons. The van der Waals surface area contributed by atoms with Gasteiger partial charge in [-0.1, -0.05) is 0 Å². The van der Waals surface area contributed by atoms with Crippen molar-refractivity contribution in [1.29, 1.82) is 0 Å². The number of thiazole rings is 1. The molecule has 2 heterocycles. The lowest BCUT2D eigenvalue weighted by Crippen LogP contribution is -2.45. The summed E-state index contributed by atoms with van der Waals surface area (Å²) in [6, 6.07) is 0. The van der Waals surface area contributed by atoms with Crippen molar-refractivity contribution in [2.24, 2.45) is 5.73 Å². The van der Waals surface area contributed by atoms with E-state index in [1.807, 2.05) is 4.90 Å². The fourth-order valence-electron chi connectivity index (χ4n) is 1.77. The van der Waals surface area contributed by atoms with Crippen LogP contribution < -0.4 is 5.73 Å². The molecule has 1 unspecified atom stereocenters. The summed E-state index contributed by atoms with van der Waals surface area (Å²) in [5, 5.41) is 0.472. The smallest absolute Gasteiger partial charge is 0.374 e. The standard InChI is InChI=1S/C10H14F3N3OS/c11-10(12,13)8-4-15-9(18-8)6-16-1-2-17-7(3-14)5-16/h4,7H,1-3,5-6,14H2. The van der Waals surface area contributed by atoms with Crippen molar-refractivity contribution in [1.82, 2.24) is 9.88 Å². The van der Waals surface area contributed by atoms with Gasteiger partial charge < -0.3 is 10.5 Å². The van der Waals surface area contributed by atoms with Crippen LogP contribution in [0, 0.1) is 0 Å². The van der Waals surface area contributed by atoms with Gasteiger partial charge in [0.25, 0.3) is 0 Å². The van der Waals surface area contributed by atoms with Gasteiger partial charge in [0.1, 0.15) is 9.88 Å². The number of ether oxygens (including phenoxy) is 1. The summed E-state index contributed by atoms with van der Waals surface area (Å²) in [5.41, 5.74) is 5.51. The van der Waals surface area contributed by atoms with E-state index in [-0.39, 0.29) is 6.10 Å². The maximum Gasteiger partial charge on any atom is 0.427 e. The molecule has 4 nitrogen and oxygen atoms in total. The molecule has 1 aliphatic heterocycles. The highest BCUT2D eigenvalue weighted by Crippen LogP contribution is 2.33. The van der Waals surface area contributed by atoms with Crippen LogP contribution in [0.25, 0.3) is 0 Å². The van der Waals surface area contributed by atoms with Crippen LogP contribution in [0.3, 0.4) is 0 Å². The zero-order valence-corrected chi connectivity index (χ0v) is 10.4.